The Morgan fingerprint density at radius 3 is 2.91 bits per heavy atom. The van der Waals surface area contributed by atoms with Gasteiger partial charge in [0.25, 0.3) is 0 Å². The summed E-state index contributed by atoms with van der Waals surface area (Å²) in [6.45, 7) is 0. The van der Waals surface area contributed by atoms with Gasteiger partial charge in [0.05, 0.1) is 16.4 Å². The zero-order valence-electron chi connectivity index (χ0n) is 5.71. The zero-order chi connectivity index (χ0) is 7.84. The van der Waals surface area contributed by atoms with E-state index in [4.69, 9.17) is 17.3 Å². The van der Waals surface area contributed by atoms with Crippen LogP contribution in [-0.4, -0.2) is 0 Å². The van der Waals surface area contributed by atoms with Gasteiger partial charge in [-0.1, -0.05) is 23.7 Å². The molecule has 1 radical (unpaired) electrons. The lowest BCUT2D eigenvalue weighted by Crippen LogP contribution is -1.91. The van der Waals surface area contributed by atoms with E-state index in [2.05, 4.69) is 5.32 Å². The molecule has 0 spiro atoms. The Bertz CT molecular complexity index is 331. The number of hydrogen-bond donors (Lipinski definition) is 1. The highest BCUT2D eigenvalue weighted by molar-refractivity contribution is 6.49. The van der Waals surface area contributed by atoms with Gasteiger partial charge in [-0.15, -0.1) is 0 Å². The smallest absolute Gasteiger partial charge is 0.0947 e. The SMILES string of the molecule is Nc1cccc2c1[N]C=C2Cl. The minimum absolute atomic E-state index is 0.660. The molecule has 1 aliphatic heterocycles. The largest absolute Gasteiger partial charge is 0.397 e. The number of nitrogen functional groups attached to an aromatic ring is 1. The Balaban J connectivity index is 2.64. The number of rotatable bonds is 0. The van der Waals surface area contributed by atoms with E-state index in [1.54, 1.807) is 6.20 Å². The molecule has 2 rings (SSSR count). The quantitative estimate of drug-likeness (QED) is 0.588. The number of nitrogens with two attached hydrogens (primary N) is 1. The minimum Gasteiger partial charge on any atom is -0.397 e. The summed E-state index contributed by atoms with van der Waals surface area (Å²) in [7, 11) is 0. The summed E-state index contributed by atoms with van der Waals surface area (Å²) in [5.41, 5.74) is 8.04. The van der Waals surface area contributed by atoms with Crippen molar-refractivity contribution in [2.24, 2.45) is 0 Å². The maximum atomic E-state index is 5.83. The van der Waals surface area contributed by atoms with Crippen LogP contribution in [-0.2, 0) is 0 Å². The van der Waals surface area contributed by atoms with Crippen molar-refractivity contribution in [3.8, 4) is 0 Å². The lowest BCUT2D eigenvalue weighted by atomic mass is 10.2. The Morgan fingerprint density at radius 2 is 2.18 bits per heavy atom. The number of para-hydroxylation sites is 1. The minimum atomic E-state index is 0.660. The molecule has 3 heteroatoms. The Hall–Kier alpha value is -1.15. The Labute approximate surface area is 69.7 Å². The number of halogens is 1. The average molecular weight is 166 g/mol. The molecule has 1 aliphatic rings. The summed E-state index contributed by atoms with van der Waals surface area (Å²) in [6.07, 6.45) is 1.61. The van der Waals surface area contributed by atoms with Crippen LogP contribution in [0.3, 0.4) is 0 Å². The lowest BCUT2D eigenvalue weighted by molar-refractivity contribution is 1.22. The normalized spacial score (nSPS) is 13.7. The van der Waals surface area contributed by atoms with Crippen molar-refractivity contribution in [2.45, 2.75) is 0 Å². The molecule has 0 saturated heterocycles. The van der Waals surface area contributed by atoms with Crippen molar-refractivity contribution in [3.05, 3.63) is 30.0 Å². The molecule has 0 atom stereocenters. The van der Waals surface area contributed by atoms with Gasteiger partial charge >= 0.3 is 0 Å². The first kappa shape index (κ1) is 6.55. The van der Waals surface area contributed by atoms with Gasteiger partial charge in [-0.2, -0.15) is 0 Å². The highest BCUT2D eigenvalue weighted by atomic mass is 35.5. The first-order valence-electron chi connectivity index (χ1n) is 3.24. The molecule has 11 heavy (non-hydrogen) atoms. The predicted molar refractivity (Wildman–Crippen MR) is 46.5 cm³/mol. The third kappa shape index (κ3) is 0.870. The fraction of sp³-hybridized carbons (Fsp3) is 0. The van der Waals surface area contributed by atoms with Crippen LogP contribution < -0.4 is 11.1 Å². The second-order valence-electron chi connectivity index (χ2n) is 2.35. The first-order valence-corrected chi connectivity index (χ1v) is 3.62. The van der Waals surface area contributed by atoms with Crippen LogP contribution in [0.25, 0.3) is 5.03 Å². The molecule has 0 aromatic heterocycles. The lowest BCUT2D eigenvalue weighted by Gasteiger charge is -2.00. The van der Waals surface area contributed by atoms with Crippen molar-refractivity contribution in [1.29, 1.82) is 0 Å². The van der Waals surface area contributed by atoms with E-state index in [0.29, 0.717) is 10.7 Å². The number of fused-ring (bicyclic) bond motifs is 1. The predicted octanol–water partition coefficient (Wildman–Crippen LogP) is 2.06. The topological polar surface area (TPSA) is 40.1 Å². The van der Waals surface area contributed by atoms with Gasteiger partial charge in [0.15, 0.2) is 0 Å². The molecule has 1 aromatic rings. The summed E-state index contributed by atoms with van der Waals surface area (Å²) >= 11 is 5.83. The highest BCUT2D eigenvalue weighted by Crippen LogP contribution is 2.36. The Kier molecular flexibility index (Phi) is 1.29. The summed E-state index contributed by atoms with van der Waals surface area (Å²) < 4.78 is 0. The monoisotopic (exact) mass is 165 g/mol. The van der Waals surface area contributed by atoms with E-state index < -0.39 is 0 Å². The molecule has 2 nitrogen and oxygen atoms in total. The third-order valence-corrected chi connectivity index (χ3v) is 1.93. The van der Waals surface area contributed by atoms with Crippen molar-refractivity contribution >= 4 is 28.0 Å². The molecule has 0 aliphatic carbocycles. The molecule has 2 N–H and O–H groups in total. The van der Waals surface area contributed by atoms with Crippen LogP contribution in [0.5, 0.6) is 0 Å². The van der Waals surface area contributed by atoms with Crippen LogP contribution in [0.15, 0.2) is 24.4 Å². The van der Waals surface area contributed by atoms with Gasteiger partial charge in [0.1, 0.15) is 0 Å². The molecular formula is C8H6ClN2. The average Bonchev–Trinajstić information content (AvgIpc) is 2.35. The number of nitrogens with zero attached hydrogens (tertiary/aromatic N) is 1. The summed E-state index contributed by atoms with van der Waals surface area (Å²) in [6, 6.07) is 5.58. The molecule has 0 unspecified atom stereocenters. The molecule has 0 saturated carbocycles. The third-order valence-electron chi connectivity index (χ3n) is 1.63. The van der Waals surface area contributed by atoms with Gasteiger partial charge in [0.2, 0.25) is 0 Å². The van der Waals surface area contributed by atoms with Crippen LogP contribution in [0.2, 0.25) is 0 Å². The van der Waals surface area contributed by atoms with Gasteiger partial charge in [-0.3, -0.25) is 5.32 Å². The summed E-state index contributed by atoms with van der Waals surface area (Å²) in [5, 5.41) is 4.72. The molecule has 0 amide bonds. The molecule has 1 aromatic carbocycles. The first-order chi connectivity index (χ1) is 5.29. The number of anilines is 1. The maximum Gasteiger partial charge on any atom is 0.0947 e. The van der Waals surface area contributed by atoms with Crippen LogP contribution in [0, 0.1) is 0 Å². The molecule has 0 fully saturated rings. The van der Waals surface area contributed by atoms with E-state index >= 15 is 0 Å². The summed E-state index contributed by atoms with van der Waals surface area (Å²) in [5.74, 6) is 0. The van der Waals surface area contributed by atoms with Crippen LogP contribution in [0.4, 0.5) is 11.4 Å². The number of benzene rings is 1. The van der Waals surface area contributed by atoms with Crippen molar-refractivity contribution in [2.75, 3.05) is 5.73 Å². The second-order valence-corrected chi connectivity index (χ2v) is 2.76. The highest BCUT2D eigenvalue weighted by Gasteiger charge is 2.14. The van der Waals surface area contributed by atoms with Crippen molar-refractivity contribution in [3.63, 3.8) is 0 Å². The van der Waals surface area contributed by atoms with Gasteiger partial charge < -0.3 is 5.73 Å². The molecular weight excluding hydrogens is 160 g/mol. The number of hydrogen-bond acceptors (Lipinski definition) is 1. The van der Waals surface area contributed by atoms with Crippen molar-refractivity contribution < 1.29 is 0 Å². The maximum absolute atomic E-state index is 5.83. The molecule has 1 heterocycles. The van der Waals surface area contributed by atoms with E-state index in [0.717, 1.165) is 11.3 Å². The van der Waals surface area contributed by atoms with E-state index in [1.807, 2.05) is 18.2 Å². The van der Waals surface area contributed by atoms with E-state index in [9.17, 15) is 0 Å². The molecule has 0 bridgehead atoms. The van der Waals surface area contributed by atoms with E-state index in [1.165, 1.54) is 0 Å². The fourth-order valence-electron chi connectivity index (χ4n) is 1.09. The van der Waals surface area contributed by atoms with Crippen molar-refractivity contribution in [1.82, 2.24) is 5.32 Å². The van der Waals surface area contributed by atoms with Crippen LogP contribution >= 0.6 is 11.6 Å². The fourth-order valence-corrected chi connectivity index (χ4v) is 1.29. The zero-order valence-corrected chi connectivity index (χ0v) is 6.47. The molecule has 55 valence electrons. The van der Waals surface area contributed by atoms with Crippen LogP contribution in [0.1, 0.15) is 5.56 Å². The Morgan fingerprint density at radius 1 is 1.36 bits per heavy atom. The standard InChI is InChI=1S/C8H6ClN2/c9-6-4-11-8-5(6)2-1-3-7(8)10/h1-4H,10H2. The second kappa shape index (κ2) is 2.17. The summed E-state index contributed by atoms with van der Waals surface area (Å²) in [4.78, 5) is 0. The van der Waals surface area contributed by atoms with Gasteiger partial charge in [0, 0.05) is 11.8 Å². The van der Waals surface area contributed by atoms with Gasteiger partial charge in [-0.05, 0) is 6.07 Å². The van der Waals surface area contributed by atoms with Gasteiger partial charge in [-0.25, -0.2) is 0 Å². The van der Waals surface area contributed by atoms with E-state index in [-0.39, 0.29) is 0 Å².